The summed E-state index contributed by atoms with van der Waals surface area (Å²) in [6.45, 7) is 2.89. The Morgan fingerprint density at radius 2 is 1.93 bits per heavy atom. The second-order valence-electron chi connectivity index (χ2n) is 3.97. The third kappa shape index (κ3) is 2.52. The van der Waals surface area contributed by atoms with E-state index in [1.54, 1.807) is 6.92 Å². The molecule has 0 fully saturated rings. The average molecular weight is 215 g/mol. The lowest BCUT2D eigenvalue weighted by atomic mass is 9.89. The number of halogens is 2. The highest BCUT2D eigenvalue weighted by Gasteiger charge is 2.25. The number of aryl methyl sites for hydroxylation is 1. The zero-order chi connectivity index (χ0) is 11.6. The zero-order valence-corrected chi connectivity index (χ0v) is 8.85. The highest BCUT2D eigenvalue weighted by atomic mass is 19.1. The molecule has 4 heteroatoms. The van der Waals surface area contributed by atoms with Gasteiger partial charge in [-0.3, -0.25) is 0 Å². The molecule has 2 nitrogen and oxygen atoms in total. The SMILES string of the molecule is Cc1cc(F)c(C(C)(N)CCO)cc1F. The number of rotatable bonds is 3. The van der Waals surface area contributed by atoms with Crippen LogP contribution in [0.1, 0.15) is 24.5 Å². The van der Waals surface area contributed by atoms with Gasteiger partial charge in [0.2, 0.25) is 0 Å². The molecule has 3 N–H and O–H groups in total. The van der Waals surface area contributed by atoms with E-state index in [1.165, 1.54) is 6.92 Å². The predicted octanol–water partition coefficient (Wildman–Crippen LogP) is 1.83. The van der Waals surface area contributed by atoms with Crippen molar-refractivity contribution in [1.29, 1.82) is 0 Å². The summed E-state index contributed by atoms with van der Waals surface area (Å²) in [6.07, 6.45) is 0.187. The van der Waals surface area contributed by atoms with Crippen LogP contribution >= 0.6 is 0 Å². The van der Waals surface area contributed by atoms with Crippen LogP contribution in [0.25, 0.3) is 0 Å². The molecule has 0 bridgehead atoms. The van der Waals surface area contributed by atoms with Gasteiger partial charge in [-0.1, -0.05) is 0 Å². The van der Waals surface area contributed by atoms with Crippen molar-refractivity contribution in [2.45, 2.75) is 25.8 Å². The first-order valence-electron chi connectivity index (χ1n) is 4.74. The Labute approximate surface area is 87.7 Å². The Bertz CT molecular complexity index is 364. The van der Waals surface area contributed by atoms with Gasteiger partial charge in [-0.05, 0) is 38.0 Å². The van der Waals surface area contributed by atoms with Gasteiger partial charge in [0, 0.05) is 17.7 Å². The van der Waals surface area contributed by atoms with Crippen LogP contribution < -0.4 is 5.73 Å². The lowest BCUT2D eigenvalue weighted by Crippen LogP contribution is -2.35. The predicted molar refractivity (Wildman–Crippen MR) is 54.3 cm³/mol. The lowest BCUT2D eigenvalue weighted by molar-refractivity contribution is 0.244. The summed E-state index contributed by atoms with van der Waals surface area (Å²) >= 11 is 0. The second kappa shape index (κ2) is 4.24. The lowest BCUT2D eigenvalue weighted by Gasteiger charge is -2.25. The number of aliphatic hydroxyl groups excluding tert-OH is 1. The monoisotopic (exact) mass is 215 g/mol. The van der Waals surface area contributed by atoms with Crippen LogP contribution in [-0.2, 0) is 5.54 Å². The van der Waals surface area contributed by atoms with E-state index in [9.17, 15) is 8.78 Å². The Morgan fingerprint density at radius 1 is 1.33 bits per heavy atom. The number of hydrogen-bond donors (Lipinski definition) is 2. The molecule has 0 aliphatic carbocycles. The van der Waals surface area contributed by atoms with Crippen molar-refractivity contribution in [3.8, 4) is 0 Å². The number of nitrogens with two attached hydrogens (primary N) is 1. The maximum atomic E-state index is 13.5. The van der Waals surface area contributed by atoms with Crippen LogP contribution in [0.4, 0.5) is 8.78 Å². The molecule has 15 heavy (non-hydrogen) atoms. The van der Waals surface area contributed by atoms with Crippen molar-refractivity contribution < 1.29 is 13.9 Å². The summed E-state index contributed by atoms with van der Waals surface area (Å²) in [7, 11) is 0. The first kappa shape index (κ1) is 12.1. The Balaban J connectivity index is 3.19. The molecule has 0 radical (unpaired) electrons. The van der Waals surface area contributed by atoms with Crippen LogP contribution in [0.15, 0.2) is 12.1 Å². The highest BCUT2D eigenvalue weighted by molar-refractivity contribution is 5.30. The molecule has 0 amide bonds. The standard InChI is InChI=1S/C11H15F2NO/c1-7-5-10(13)8(6-9(7)12)11(2,14)3-4-15/h5-6,15H,3-4,14H2,1-2H3. The highest BCUT2D eigenvalue weighted by Crippen LogP contribution is 2.26. The molecular weight excluding hydrogens is 200 g/mol. The normalized spacial score (nSPS) is 15.1. The molecule has 0 aliphatic rings. The molecule has 1 aromatic rings. The van der Waals surface area contributed by atoms with E-state index < -0.39 is 17.2 Å². The third-order valence-electron chi connectivity index (χ3n) is 2.49. The van der Waals surface area contributed by atoms with E-state index in [4.69, 9.17) is 10.8 Å². The van der Waals surface area contributed by atoms with E-state index in [0.29, 0.717) is 0 Å². The molecule has 0 saturated carbocycles. The van der Waals surface area contributed by atoms with Crippen LogP contribution in [0.3, 0.4) is 0 Å². The van der Waals surface area contributed by atoms with Gasteiger partial charge in [0.15, 0.2) is 0 Å². The van der Waals surface area contributed by atoms with E-state index in [-0.39, 0.29) is 24.2 Å². The van der Waals surface area contributed by atoms with Crippen molar-refractivity contribution in [2.24, 2.45) is 5.73 Å². The molecule has 0 aliphatic heterocycles. The van der Waals surface area contributed by atoms with Gasteiger partial charge in [-0.25, -0.2) is 8.78 Å². The summed E-state index contributed by atoms with van der Waals surface area (Å²) < 4.78 is 26.8. The van der Waals surface area contributed by atoms with Crippen molar-refractivity contribution in [2.75, 3.05) is 6.61 Å². The van der Waals surface area contributed by atoms with E-state index in [0.717, 1.165) is 12.1 Å². The smallest absolute Gasteiger partial charge is 0.128 e. The topological polar surface area (TPSA) is 46.2 Å². The van der Waals surface area contributed by atoms with E-state index in [2.05, 4.69) is 0 Å². The van der Waals surface area contributed by atoms with Gasteiger partial charge in [0.1, 0.15) is 11.6 Å². The van der Waals surface area contributed by atoms with E-state index >= 15 is 0 Å². The molecule has 0 aromatic heterocycles. The largest absolute Gasteiger partial charge is 0.396 e. The van der Waals surface area contributed by atoms with Gasteiger partial charge < -0.3 is 10.8 Å². The van der Waals surface area contributed by atoms with Crippen LogP contribution in [0.2, 0.25) is 0 Å². The van der Waals surface area contributed by atoms with Crippen LogP contribution in [-0.4, -0.2) is 11.7 Å². The Hall–Kier alpha value is -1.00. The summed E-state index contributed by atoms with van der Waals surface area (Å²) in [6, 6.07) is 2.22. The molecule has 84 valence electrons. The van der Waals surface area contributed by atoms with Crippen molar-refractivity contribution in [1.82, 2.24) is 0 Å². The second-order valence-corrected chi connectivity index (χ2v) is 3.97. The first-order chi connectivity index (χ1) is 6.88. The summed E-state index contributed by atoms with van der Waals surface area (Å²) in [5.41, 5.74) is 5.10. The molecular formula is C11H15F2NO. The fraction of sp³-hybridized carbons (Fsp3) is 0.455. The van der Waals surface area contributed by atoms with Gasteiger partial charge in [-0.15, -0.1) is 0 Å². The summed E-state index contributed by atoms with van der Waals surface area (Å²) in [5, 5.41) is 8.78. The van der Waals surface area contributed by atoms with E-state index in [1.807, 2.05) is 0 Å². The molecule has 0 spiro atoms. The maximum absolute atomic E-state index is 13.5. The number of hydrogen-bond acceptors (Lipinski definition) is 2. The molecule has 1 unspecified atom stereocenters. The van der Waals surface area contributed by atoms with Crippen LogP contribution in [0, 0.1) is 18.6 Å². The van der Waals surface area contributed by atoms with Crippen LogP contribution in [0.5, 0.6) is 0 Å². The number of aliphatic hydroxyl groups is 1. The minimum absolute atomic E-state index is 0.0969. The summed E-state index contributed by atoms with van der Waals surface area (Å²) in [5.74, 6) is -1.02. The van der Waals surface area contributed by atoms with Gasteiger partial charge in [0.05, 0.1) is 0 Å². The Morgan fingerprint density at radius 3 is 2.47 bits per heavy atom. The van der Waals surface area contributed by atoms with Crippen molar-refractivity contribution in [3.63, 3.8) is 0 Å². The zero-order valence-electron chi connectivity index (χ0n) is 8.85. The third-order valence-corrected chi connectivity index (χ3v) is 2.49. The molecule has 1 rings (SSSR count). The fourth-order valence-corrected chi connectivity index (χ4v) is 1.45. The number of benzene rings is 1. The van der Waals surface area contributed by atoms with Crippen molar-refractivity contribution >= 4 is 0 Å². The van der Waals surface area contributed by atoms with Gasteiger partial charge >= 0.3 is 0 Å². The Kier molecular flexibility index (Phi) is 3.42. The minimum Gasteiger partial charge on any atom is -0.396 e. The molecule has 1 aromatic carbocycles. The average Bonchev–Trinajstić information content (AvgIpc) is 2.11. The van der Waals surface area contributed by atoms with Crippen molar-refractivity contribution in [3.05, 3.63) is 34.9 Å². The fourth-order valence-electron chi connectivity index (χ4n) is 1.45. The molecule has 1 atom stereocenters. The maximum Gasteiger partial charge on any atom is 0.128 e. The first-order valence-corrected chi connectivity index (χ1v) is 4.74. The minimum atomic E-state index is -1.05. The van der Waals surface area contributed by atoms with Gasteiger partial charge in [-0.2, -0.15) is 0 Å². The quantitative estimate of drug-likeness (QED) is 0.808. The van der Waals surface area contributed by atoms with Gasteiger partial charge in [0.25, 0.3) is 0 Å². The molecule has 0 heterocycles. The molecule has 0 saturated heterocycles. The summed E-state index contributed by atoms with van der Waals surface area (Å²) in [4.78, 5) is 0.